The van der Waals surface area contributed by atoms with Crippen molar-refractivity contribution in [1.82, 2.24) is 10.2 Å². The third-order valence-electron chi connectivity index (χ3n) is 6.69. The quantitative estimate of drug-likeness (QED) is 0.523. The second kappa shape index (κ2) is 9.96. The number of thioether (sulfide) groups is 1. The zero-order chi connectivity index (χ0) is 24.4. The fourth-order valence-electron chi connectivity index (χ4n) is 4.84. The zero-order valence-corrected chi connectivity index (χ0v) is 20.4. The number of para-hydroxylation sites is 1. The first-order valence-corrected chi connectivity index (χ1v) is 13.0. The van der Waals surface area contributed by atoms with Gasteiger partial charge in [-0.15, -0.1) is 11.8 Å². The van der Waals surface area contributed by atoms with Crippen molar-refractivity contribution in [3.05, 3.63) is 95.1 Å². The molecule has 3 amide bonds. The topological polar surface area (TPSA) is 69.7 Å². The molecule has 178 valence electrons. The van der Waals surface area contributed by atoms with E-state index in [1.54, 1.807) is 33.7 Å². The molecule has 5 rings (SSSR count). The molecule has 1 saturated heterocycles. The lowest BCUT2D eigenvalue weighted by Gasteiger charge is -2.26. The van der Waals surface area contributed by atoms with E-state index >= 15 is 0 Å². The van der Waals surface area contributed by atoms with Gasteiger partial charge in [0.1, 0.15) is 6.04 Å². The van der Waals surface area contributed by atoms with Crippen LogP contribution >= 0.6 is 11.8 Å². The largest absolute Gasteiger partial charge is 0.348 e. The minimum absolute atomic E-state index is 0.0927. The number of anilines is 1. The van der Waals surface area contributed by atoms with E-state index in [4.69, 9.17) is 0 Å². The molecule has 6 nitrogen and oxygen atoms in total. The average Bonchev–Trinajstić information content (AvgIpc) is 3.38. The Kier molecular flexibility index (Phi) is 6.59. The average molecular weight is 486 g/mol. The first-order valence-electron chi connectivity index (χ1n) is 11.8. The number of fused-ring (bicyclic) bond motifs is 2. The minimum Gasteiger partial charge on any atom is -0.348 e. The van der Waals surface area contributed by atoms with Crippen LogP contribution in [0.5, 0.6) is 0 Å². The lowest BCUT2D eigenvalue weighted by molar-refractivity contribution is -0.122. The SMILES string of the molecule is CSc1ccc(CNC(=O)c2ccccc2CN2C(=O)[C@H]3CCCN3C(=O)c3ccccc32)cc1. The fourth-order valence-corrected chi connectivity index (χ4v) is 5.25. The summed E-state index contributed by atoms with van der Waals surface area (Å²) in [6.45, 7) is 1.23. The Balaban J connectivity index is 1.41. The van der Waals surface area contributed by atoms with Crippen LogP contribution in [0.3, 0.4) is 0 Å². The van der Waals surface area contributed by atoms with Crippen molar-refractivity contribution >= 4 is 35.2 Å². The lowest BCUT2D eigenvalue weighted by Crippen LogP contribution is -2.44. The molecule has 0 radical (unpaired) electrons. The smallest absolute Gasteiger partial charge is 0.256 e. The fraction of sp³-hybridized carbons (Fsp3) is 0.250. The molecule has 2 aliphatic heterocycles. The van der Waals surface area contributed by atoms with Crippen LogP contribution in [0, 0.1) is 0 Å². The summed E-state index contributed by atoms with van der Waals surface area (Å²) in [7, 11) is 0. The van der Waals surface area contributed by atoms with E-state index in [1.807, 2.05) is 66.9 Å². The molecule has 0 saturated carbocycles. The van der Waals surface area contributed by atoms with Crippen molar-refractivity contribution < 1.29 is 14.4 Å². The van der Waals surface area contributed by atoms with Crippen LogP contribution in [-0.2, 0) is 17.9 Å². The number of benzene rings is 3. The third-order valence-corrected chi connectivity index (χ3v) is 7.44. The molecule has 0 unspecified atom stereocenters. The molecule has 1 N–H and O–H groups in total. The van der Waals surface area contributed by atoms with E-state index in [0.29, 0.717) is 36.3 Å². The van der Waals surface area contributed by atoms with Gasteiger partial charge in [0, 0.05) is 23.5 Å². The van der Waals surface area contributed by atoms with Gasteiger partial charge in [0.2, 0.25) is 5.91 Å². The summed E-state index contributed by atoms with van der Waals surface area (Å²) in [4.78, 5) is 44.5. The standard InChI is InChI=1S/C28H27N3O3S/c1-35-21-14-12-19(13-15-21)17-29-26(32)22-8-3-2-7-20(22)18-31-24-10-5-4-9-23(24)27(33)30-16-6-11-25(30)28(31)34/h2-5,7-10,12-15,25H,6,11,16-18H2,1H3,(H,29,32)/t25-/m1/s1. The van der Waals surface area contributed by atoms with E-state index < -0.39 is 6.04 Å². The molecule has 0 aliphatic carbocycles. The van der Waals surface area contributed by atoms with Crippen LogP contribution in [0.15, 0.2) is 77.7 Å². The van der Waals surface area contributed by atoms with Crippen molar-refractivity contribution in [3.63, 3.8) is 0 Å². The van der Waals surface area contributed by atoms with Crippen LogP contribution in [-0.4, -0.2) is 41.5 Å². The molecule has 0 bridgehead atoms. The Bertz CT molecular complexity index is 1270. The maximum absolute atomic E-state index is 13.6. The molecule has 1 atom stereocenters. The molecule has 35 heavy (non-hydrogen) atoms. The number of nitrogens with one attached hydrogen (secondary N) is 1. The highest BCUT2D eigenvalue weighted by atomic mass is 32.2. The van der Waals surface area contributed by atoms with Crippen molar-refractivity contribution in [3.8, 4) is 0 Å². The van der Waals surface area contributed by atoms with Crippen LogP contribution in [0.2, 0.25) is 0 Å². The molecule has 3 aromatic rings. The van der Waals surface area contributed by atoms with Gasteiger partial charge in [0.25, 0.3) is 11.8 Å². The maximum Gasteiger partial charge on any atom is 0.256 e. The van der Waals surface area contributed by atoms with Crippen LogP contribution < -0.4 is 10.2 Å². The normalized spacial score (nSPS) is 17.1. The van der Waals surface area contributed by atoms with E-state index in [0.717, 1.165) is 17.5 Å². The molecular formula is C28H27N3O3S. The Morgan fingerprint density at radius 2 is 1.74 bits per heavy atom. The van der Waals surface area contributed by atoms with E-state index in [1.165, 1.54) is 4.90 Å². The van der Waals surface area contributed by atoms with Crippen LogP contribution in [0.4, 0.5) is 5.69 Å². The number of amides is 3. The van der Waals surface area contributed by atoms with Gasteiger partial charge in [0.15, 0.2) is 0 Å². The van der Waals surface area contributed by atoms with Gasteiger partial charge >= 0.3 is 0 Å². The van der Waals surface area contributed by atoms with Gasteiger partial charge in [0.05, 0.1) is 17.8 Å². The van der Waals surface area contributed by atoms with Gasteiger partial charge in [-0.05, 0) is 60.6 Å². The first kappa shape index (κ1) is 23.2. The molecule has 3 aromatic carbocycles. The Morgan fingerprint density at radius 1 is 1.00 bits per heavy atom. The molecule has 0 spiro atoms. The summed E-state index contributed by atoms with van der Waals surface area (Å²) in [5.74, 6) is -0.383. The molecule has 1 fully saturated rings. The van der Waals surface area contributed by atoms with Crippen LogP contribution in [0.1, 0.15) is 44.7 Å². The van der Waals surface area contributed by atoms with Crippen molar-refractivity contribution in [2.45, 2.75) is 36.9 Å². The number of carbonyl (C=O) groups is 3. The number of nitrogens with zero attached hydrogens (tertiary/aromatic N) is 2. The van der Waals surface area contributed by atoms with Gasteiger partial charge in [-0.1, -0.05) is 42.5 Å². The van der Waals surface area contributed by atoms with E-state index in [-0.39, 0.29) is 24.3 Å². The van der Waals surface area contributed by atoms with Gasteiger partial charge in [-0.3, -0.25) is 14.4 Å². The predicted molar refractivity (Wildman–Crippen MR) is 138 cm³/mol. The maximum atomic E-state index is 13.6. The molecular weight excluding hydrogens is 458 g/mol. The second-order valence-electron chi connectivity index (χ2n) is 8.79. The van der Waals surface area contributed by atoms with Crippen molar-refractivity contribution in [2.75, 3.05) is 17.7 Å². The highest BCUT2D eigenvalue weighted by molar-refractivity contribution is 7.98. The summed E-state index contributed by atoms with van der Waals surface area (Å²) in [5.41, 5.74) is 3.41. The van der Waals surface area contributed by atoms with Crippen molar-refractivity contribution in [1.29, 1.82) is 0 Å². The number of carbonyl (C=O) groups excluding carboxylic acids is 3. The second-order valence-corrected chi connectivity index (χ2v) is 9.67. The van der Waals surface area contributed by atoms with Gasteiger partial charge in [-0.25, -0.2) is 0 Å². The first-order chi connectivity index (χ1) is 17.1. The molecule has 2 heterocycles. The van der Waals surface area contributed by atoms with Crippen molar-refractivity contribution in [2.24, 2.45) is 0 Å². The minimum atomic E-state index is -0.458. The summed E-state index contributed by atoms with van der Waals surface area (Å²) in [5, 5.41) is 3.01. The summed E-state index contributed by atoms with van der Waals surface area (Å²) < 4.78 is 0. The Labute approximate surface area is 209 Å². The molecule has 0 aromatic heterocycles. The lowest BCUT2D eigenvalue weighted by atomic mass is 10.0. The Hall–Kier alpha value is -3.58. The summed E-state index contributed by atoms with van der Waals surface area (Å²) in [6, 6.07) is 22.2. The Morgan fingerprint density at radius 3 is 2.54 bits per heavy atom. The van der Waals surface area contributed by atoms with E-state index in [2.05, 4.69) is 5.32 Å². The van der Waals surface area contributed by atoms with Gasteiger partial charge in [-0.2, -0.15) is 0 Å². The number of hydrogen-bond acceptors (Lipinski definition) is 4. The number of hydrogen-bond donors (Lipinski definition) is 1. The summed E-state index contributed by atoms with van der Waals surface area (Å²) in [6.07, 6.45) is 3.50. The monoisotopic (exact) mass is 485 g/mol. The highest BCUT2D eigenvalue weighted by Gasteiger charge is 2.42. The van der Waals surface area contributed by atoms with Crippen LogP contribution in [0.25, 0.3) is 0 Å². The zero-order valence-electron chi connectivity index (χ0n) is 19.6. The highest BCUT2D eigenvalue weighted by Crippen LogP contribution is 2.33. The molecule has 7 heteroatoms. The van der Waals surface area contributed by atoms with Gasteiger partial charge < -0.3 is 15.1 Å². The van der Waals surface area contributed by atoms with E-state index in [9.17, 15) is 14.4 Å². The molecule has 2 aliphatic rings. The predicted octanol–water partition coefficient (Wildman–Crippen LogP) is 4.49. The number of rotatable bonds is 6. The third kappa shape index (κ3) is 4.56. The summed E-state index contributed by atoms with van der Waals surface area (Å²) >= 11 is 1.68.